The van der Waals surface area contributed by atoms with Crippen LogP contribution in [0.4, 0.5) is 26.3 Å². The summed E-state index contributed by atoms with van der Waals surface area (Å²) < 4.78 is 79.9. The fourth-order valence-electron chi connectivity index (χ4n) is 2.69. The molecule has 1 aromatic heterocycles. The van der Waals surface area contributed by atoms with E-state index < -0.39 is 24.5 Å². The van der Waals surface area contributed by atoms with Crippen LogP contribution in [0.5, 0.6) is 5.88 Å². The lowest BCUT2D eigenvalue weighted by Crippen LogP contribution is -2.46. The zero-order chi connectivity index (χ0) is 20.8. The Morgan fingerprint density at radius 3 is 2.55 bits per heavy atom. The van der Waals surface area contributed by atoms with Crippen molar-refractivity contribution in [2.24, 2.45) is 4.99 Å². The third-order valence-corrected chi connectivity index (χ3v) is 3.95. The van der Waals surface area contributed by atoms with Gasteiger partial charge in [-0.25, -0.2) is 4.98 Å². The van der Waals surface area contributed by atoms with Crippen molar-refractivity contribution >= 4 is 29.9 Å². The Morgan fingerprint density at radius 2 is 2.00 bits per heavy atom. The second-order valence-electron chi connectivity index (χ2n) is 6.21. The van der Waals surface area contributed by atoms with Crippen molar-refractivity contribution in [3.8, 4) is 5.88 Å². The van der Waals surface area contributed by atoms with E-state index in [-0.39, 0.29) is 55.6 Å². The summed E-state index contributed by atoms with van der Waals surface area (Å²) in [6.07, 6.45) is -7.43. The van der Waals surface area contributed by atoms with Gasteiger partial charge < -0.3 is 15.4 Å². The van der Waals surface area contributed by atoms with Crippen LogP contribution < -0.4 is 15.4 Å². The average Bonchev–Trinajstić information content (AvgIpc) is 3.02. The zero-order valence-electron chi connectivity index (χ0n) is 15.5. The summed E-state index contributed by atoms with van der Waals surface area (Å²) in [4.78, 5) is 8.90. The first kappa shape index (κ1) is 25.5. The molecule has 1 fully saturated rings. The number of hydrogen-bond acceptors (Lipinski definition) is 4. The van der Waals surface area contributed by atoms with Crippen molar-refractivity contribution in [3.05, 3.63) is 23.9 Å². The minimum Gasteiger partial charge on any atom is -0.476 e. The maximum Gasteiger partial charge on any atom is 0.417 e. The van der Waals surface area contributed by atoms with Crippen molar-refractivity contribution in [1.29, 1.82) is 0 Å². The molecule has 0 aliphatic carbocycles. The molecule has 0 aromatic carbocycles. The van der Waals surface area contributed by atoms with Crippen molar-refractivity contribution in [1.82, 2.24) is 20.5 Å². The quantitative estimate of drug-likeness (QED) is 0.191. The molecule has 6 nitrogen and oxygen atoms in total. The van der Waals surface area contributed by atoms with Crippen LogP contribution >= 0.6 is 24.0 Å². The van der Waals surface area contributed by atoms with Crippen LogP contribution in [0.2, 0.25) is 0 Å². The highest BCUT2D eigenvalue weighted by atomic mass is 127. The Kier molecular flexibility index (Phi) is 9.71. The summed E-state index contributed by atoms with van der Waals surface area (Å²) >= 11 is 0. The molecule has 0 amide bonds. The van der Waals surface area contributed by atoms with Crippen LogP contribution in [0.25, 0.3) is 0 Å². The lowest BCUT2D eigenvalue weighted by molar-refractivity contribution is -0.143. The normalized spacial score (nSPS) is 18.3. The van der Waals surface area contributed by atoms with Gasteiger partial charge in [0.2, 0.25) is 5.88 Å². The van der Waals surface area contributed by atoms with Gasteiger partial charge in [-0.2, -0.15) is 26.3 Å². The van der Waals surface area contributed by atoms with Gasteiger partial charge in [0.05, 0.1) is 18.7 Å². The number of pyridine rings is 1. The number of aromatic nitrogens is 1. The summed E-state index contributed by atoms with van der Waals surface area (Å²) in [6, 6.07) is 1.85. The zero-order valence-corrected chi connectivity index (χ0v) is 17.8. The van der Waals surface area contributed by atoms with E-state index >= 15 is 0 Å². The Bertz CT molecular complexity index is 653. The molecule has 1 aliphatic rings. The third kappa shape index (κ3) is 9.23. The van der Waals surface area contributed by atoms with E-state index in [2.05, 4.69) is 20.6 Å². The molecule has 0 saturated carbocycles. The molecule has 1 aliphatic heterocycles. The van der Waals surface area contributed by atoms with Gasteiger partial charge in [0.1, 0.15) is 6.61 Å². The van der Waals surface area contributed by atoms with Crippen LogP contribution in [0.3, 0.4) is 0 Å². The van der Waals surface area contributed by atoms with E-state index in [0.29, 0.717) is 25.1 Å². The Labute approximate surface area is 181 Å². The van der Waals surface area contributed by atoms with Gasteiger partial charge in [-0.3, -0.25) is 9.89 Å². The lowest BCUT2D eigenvalue weighted by Gasteiger charge is -2.19. The van der Waals surface area contributed by atoms with Crippen molar-refractivity contribution < 1.29 is 31.1 Å². The van der Waals surface area contributed by atoms with Gasteiger partial charge in [-0.05, 0) is 12.5 Å². The molecule has 1 unspecified atom stereocenters. The lowest BCUT2D eigenvalue weighted by atomic mass is 10.3. The van der Waals surface area contributed by atoms with Crippen LogP contribution in [-0.4, -0.2) is 67.9 Å². The highest BCUT2D eigenvalue weighted by molar-refractivity contribution is 14.0. The summed E-state index contributed by atoms with van der Waals surface area (Å²) in [6.45, 7) is 0.0551. The van der Waals surface area contributed by atoms with Gasteiger partial charge in [-0.15, -0.1) is 24.0 Å². The van der Waals surface area contributed by atoms with Gasteiger partial charge in [0.15, 0.2) is 5.96 Å². The van der Waals surface area contributed by atoms with E-state index in [0.717, 1.165) is 12.1 Å². The molecule has 29 heavy (non-hydrogen) atoms. The first-order valence-electron chi connectivity index (χ1n) is 8.49. The molecular weight excluding hydrogens is 519 g/mol. The summed E-state index contributed by atoms with van der Waals surface area (Å²) in [5, 5.41) is 5.97. The topological polar surface area (TPSA) is 61.8 Å². The SMILES string of the molecule is CN=C(NCCOc1ccc(C(F)(F)F)cn1)NC1CCN(CC(F)(F)F)C1.I. The predicted octanol–water partition coefficient (Wildman–Crippen LogP) is 2.90. The summed E-state index contributed by atoms with van der Waals surface area (Å²) in [5.74, 6) is 0.458. The molecular formula is C16H22F6IN5O. The number of ether oxygens (including phenoxy) is 1. The number of halogens is 7. The molecule has 0 spiro atoms. The first-order valence-corrected chi connectivity index (χ1v) is 8.49. The minimum absolute atomic E-state index is 0. The van der Waals surface area contributed by atoms with Crippen LogP contribution in [0, 0.1) is 0 Å². The number of nitrogens with zero attached hydrogens (tertiary/aromatic N) is 3. The Morgan fingerprint density at radius 1 is 1.28 bits per heavy atom. The second-order valence-corrected chi connectivity index (χ2v) is 6.21. The fourth-order valence-corrected chi connectivity index (χ4v) is 2.69. The number of guanidine groups is 1. The fraction of sp³-hybridized carbons (Fsp3) is 0.625. The number of likely N-dealkylation sites (tertiary alicyclic amines) is 1. The molecule has 1 atom stereocenters. The highest BCUT2D eigenvalue weighted by Crippen LogP contribution is 2.29. The van der Waals surface area contributed by atoms with E-state index in [1.807, 2.05) is 0 Å². The molecule has 13 heteroatoms. The smallest absolute Gasteiger partial charge is 0.417 e. The summed E-state index contributed by atoms with van der Waals surface area (Å²) in [5.41, 5.74) is -0.862. The Hall–Kier alpha value is -1.51. The number of rotatable bonds is 6. The monoisotopic (exact) mass is 541 g/mol. The maximum absolute atomic E-state index is 12.5. The van der Waals surface area contributed by atoms with Crippen molar-refractivity contribution in [2.75, 3.05) is 39.8 Å². The molecule has 0 bridgehead atoms. The molecule has 1 aromatic rings. The van der Waals surface area contributed by atoms with Crippen LogP contribution in [-0.2, 0) is 6.18 Å². The van der Waals surface area contributed by atoms with Crippen LogP contribution in [0.15, 0.2) is 23.3 Å². The van der Waals surface area contributed by atoms with E-state index in [1.165, 1.54) is 11.9 Å². The minimum atomic E-state index is -4.46. The van der Waals surface area contributed by atoms with Gasteiger partial charge in [-0.1, -0.05) is 0 Å². The van der Waals surface area contributed by atoms with Crippen LogP contribution in [0.1, 0.15) is 12.0 Å². The summed E-state index contributed by atoms with van der Waals surface area (Å²) in [7, 11) is 1.52. The highest BCUT2D eigenvalue weighted by Gasteiger charge is 2.34. The molecule has 2 rings (SSSR count). The average molecular weight is 541 g/mol. The molecule has 0 radical (unpaired) electrons. The van der Waals surface area contributed by atoms with Gasteiger partial charge >= 0.3 is 12.4 Å². The number of alkyl halides is 6. The molecule has 2 N–H and O–H groups in total. The van der Waals surface area contributed by atoms with Crippen molar-refractivity contribution in [2.45, 2.75) is 24.8 Å². The number of hydrogen-bond donors (Lipinski definition) is 2. The largest absolute Gasteiger partial charge is 0.476 e. The second kappa shape index (κ2) is 11.0. The van der Waals surface area contributed by atoms with E-state index in [4.69, 9.17) is 4.74 Å². The molecule has 2 heterocycles. The van der Waals surface area contributed by atoms with Crippen molar-refractivity contribution in [3.63, 3.8) is 0 Å². The molecule has 166 valence electrons. The Balaban J connectivity index is 0.00000420. The number of aliphatic imine (C=N–C) groups is 1. The predicted molar refractivity (Wildman–Crippen MR) is 106 cm³/mol. The maximum atomic E-state index is 12.5. The third-order valence-electron chi connectivity index (χ3n) is 3.95. The van der Waals surface area contributed by atoms with E-state index in [1.54, 1.807) is 0 Å². The number of nitrogens with one attached hydrogen (secondary N) is 2. The van der Waals surface area contributed by atoms with E-state index in [9.17, 15) is 26.3 Å². The standard InChI is InChI=1S/C16H21F6N5O.HI/c1-23-14(26-12-4-6-27(9-12)10-15(17,18)19)24-5-7-28-13-3-2-11(8-25-13)16(20,21)22;/h2-3,8,12H,4-7,9-10H2,1H3,(H2,23,24,26);1H. The van der Waals surface area contributed by atoms with Gasteiger partial charge in [0.25, 0.3) is 0 Å². The van der Waals surface area contributed by atoms with Gasteiger partial charge in [0, 0.05) is 38.4 Å². The first-order chi connectivity index (χ1) is 13.1. The molecule has 1 saturated heterocycles.